The average Bonchev–Trinajstić information content (AvgIpc) is 2.48. The number of hydrogen-bond acceptors (Lipinski definition) is 2. The summed E-state index contributed by atoms with van der Waals surface area (Å²) in [6.07, 6.45) is 10.5. The lowest BCUT2D eigenvalue weighted by molar-refractivity contribution is 0.462. The molecule has 2 rings (SSSR count). The molecule has 1 N–H and O–H groups in total. The molecule has 1 unspecified atom stereocenters. The molecule has 1 aromatic carbocycles. The molecule has 0 fully saturated rings. The molecule has 0 bridgehead atoms. The van der Waals surface area contributed by atoms with Crippen LogP contribution in [0.4, 0.5) is 4.39 Å². The molecule has 21 heavy (non-hydrogen) atoms. The van der Waals surface area contributed by atoms with E-state index in [1.54, 1.807) is 0 Å². The van der Waals surface area contributed by atoms with Crippen LogP contribution in [0.3, 0.4) is 0 Å². The topological polar surface area (TPSA) is 15.3 Å². The van der Waals surface area contributed by atoms with Crippen molar-refractivity contribution in [2.45, 2.75) is 24.9 Å². The van der Waals surface area contributed by atoms with Crippen molar-refractivity contribution in [3.05, 3.63) is 72.2 Å². The molecule has 0 saturated heterocycles. The Morgan fingerprint density at radius 2 is 2.10 bits per heavy atom. The summed E-state index contributed by atoms with van der Waals surface area (Å²) in [6.45, 7) is 3.98. The largest absolute Gasteiger partial charge is 0.378 e. The first kappa shape index (κ1) is 15.5. The minimum absolute atomic E-state index is 0.162. The van der Waals surface area contributed by atoms with E-state index in [0.717, 1.165) is 24.1 Å². The number of benzene rings is 1. The number of likely N-dealkylation sites (N-methyl/N-ethyl adjacent to an activating group) is 1. The number of nitrogens with zero attached hydrogens (tertiary/aromatic N) is 1. The van der Waals surface area contributed by atoms with Gasteiger partial charge in [-0.1, -0.05) is 36.9 Å². The molecule has 112 valence electrons. The number of allylic oxidation sites excluding steroid dienone is 1. The van der Waals surface area contributed by atoms with Crippen molar-refractivity contribution < 1.29 is 4.39 Å². The first-order chi connectivity index (χ1) is 10.1. The SMILES string of the molecule is C=C(/C=C\C[C@H]1CC=CC(c2ccc(F)cc2)N1)N(C)C. The monoisotopic (exact) mass is 286 g/mol. The Labute approximate surface area is 126 Å². The van der Waals surface area contributed by atoms with Crippen molar-refractivity contribution in [1.82, 2.24) is 10.2 Å². The molecule has 0 radical (unpaired) electrons. The predicted molar refractivity (Wildman–Crippen MR) is 86.4 cm³/mol. The van der Waals surface area contributed by atoms with Gasteiger partial charge in [0.1, 0.15) is 5.82 Å². The molecular weight excluding hydrogens is 263 g/mol. The maximum atomic E-state index is 13.0. The Bertz CT molecular complexity index is 529. The lowest BCUT2D eigenvalue weighted by Gasteiger charge is -2.26. The van der Waals surface area contributed by atoms with Crippen molar-refractivity contribution in [1.29, 1.82) is 0 Å². The molecule has 2 nitrogen and oxygen atoms in total. The van der Waals surface area contributed by atoms with E-state index in [1.165, 1.54) is 12.1 Å². The summed E-state index contributed by atoms with van der Waals surface area (Å²) in [6, 6.07) is 7.25. The molecule has 1 aromatic rings. The Hall–Kier alpha value is -1.87. The standard InChI is InChI=1S/C18H23FN2/c1-14(21(2)3)6-4-7-17-8-5-9-18(20-17)15-10-12-16(19)13-11-15/h4-6,9-13,17-18,20H,1,7-8H2,2-3H3/b6-4-/t17-,18?/m0/s1. The average molecular weight is 286 g/mol. The lowest BCUT2D eigenvalue weighted by atomic mass is 9.98. The van der Waals surface area contributed by atoms with Gasteiger partial charge in [0.2, 0.25) is 0 Å². The van der Waals surface area contributed by atoms with Crippen LogP contribution in [0.1, 0.15) is 24.4 Å². The minimum Gasteiger partial charge on any atom is -0.378 e. The molecule has 0 amide bonds. The van der Waals surface area contributed by atoms with Crippen LogP contribution in [0.25, 0.3) is 0 Å². The number of nitrogens with one attached hydrogen (secondary N) is 1. The van der Waals surface area contributed by atoms with E-state index in [0.29, 0.717) is 6.04 Å². The van der Waals surface area contributed by atoms with E-state index >= 15 is 0 Å². The molecule has 1 aliphatic rings. The van der Waals surface area contributed by atoms with Crippen LogP contribution in [0.5, 0.6) is 0 Å². The fraction of sp³-hybridized carbons (Fsp3) is 0.333. The van der Waals surface area contributed by atoms with Crippen LogP contribution < -0.4 is 5.32 Å². The zero-order valence-corrected chi connectivity index (χ0v) is 12.7. The molecule has 1 heterocycles. The third-order valence-electron chi connectivity index (χ3n) is 3.70. The van der Waals surface area contributed by atoms with Crippen LogP contribution in [0.2, 0.25) is 0 Å². The van der Waals surface area contributed by atoms with Crippen molar-refractivity contribution >= 4 is 0 Å². The van der Waals surface area contributed by atoms with E-state index < -0.39 is 0 Å². The Morgan fingerprint density at radius 1 is 1.38 bits per heavy atom. The first-order valence-corrected chi connectivity index (χ1v) is 7.27. The number of rotatable bonds is 5. The minimum atomic E-state index is -0.194. The van der Waals surface area contributed by atoms with Crippen molar-refractivity contribution in [2.75, 3.05) is 14.1 Å². The maximum absolute atomic E-state index is 13.0. The van der Waals surface area contributed by atoms with Crippen LogP contribution in [0.15, 0.2) is 60.8 Å². The van der Waals surface area contributed by atoms with Gasteiger partial charge in [0.25, 0.3) is 0 Å². The zero-order chi connectivity index (χ0) is 15.2. The van der Waals surface area contributed by atoms with Gasteiger partial charge in [-0.15, -0.1) is 0 Å². The zero-order valence-electron chi connectivity index (χ0n) is 12.7. The number of halogens is 1. The summed E-state index contributed by atoms with van der Waals surface area (Å²) in [4.78, 5) is 1.99. The van der Waals surface area contributed by atoms with Crippen LogP contribution in [-0.2, 0) is 0 Å². The number of hydrogen-bond donors (Lipinski definition) is 1. The molecular formula is C18H23FN2. The highest BCUT2D eigenvalue weighted by atomic mass is 19.1. The predicted octanol–water partition coefficient (Wildman–Crippen LogP) is 3.81. The van der Waals surface area contributed by atoms with Gasteiger partial charge >= 0.3 is 0 Å². The summed E-state index contributed by atoms with van der Waals surface area (Å²) in [7, 11) is 3.97. The molecule has 0 aromatic heterocycles. The van der Waals surface area contributed by atoms with Gasteiger partial charge in [-0.3, -0.25) is 0 Å². The smallest absolute Gasteiger partial charge is 0.123 e. The van der Waals surface area contributed by atoms with Crippen LogP contribution in [0, 0.1) is 5.82 Å². The van der Waals surface area contributed by atoms with E-state index in [2.05, 4.69) is 30.1 Å². The summed E-state index contributed by atoms with van der Waals surface area (Å²) < 4.78 is 13.0. The second kappa shape index (κ2) is 7.23. The quantitative estimate of drug-likeness (QED) is 0.654. The molecule has 1 aliphatic heterocycles. The van der Waals surface area contributed by atoms with E-state index in [9.17, 15) is 4.39 Å². The summed E-state index contributed by atoms with van der Waals surface area (Å²) in [5.41, 5.74) is 2.09. The summed E-state index contributed by atoms with van der Waals surface area (Å²) in [5, 5.41) is 3.59. The maximum Gasteiger partial charge on any atom is 0.123 e. The van der Waals surface area contributed by atoms with E-state index in [1.807, 2.05) is 37.2 Å². The van der Waals surface area contributed by atoms with Gasteiger partial charge in [-0.05, 0) is 36.6 Å². The second-order valence-electron chi connectivity index (χ2n) is 5.58. The third-order valence-corrected chi connectivity index (χ3v) is 3.70. The van der Waals surface area contributed by atoms with Gasteiger partial charge in [0.05, 0.1) is 6.04 Å². The molecule has 0 spiro atoms. The van der Waals surface area contributed by atoms with Gasteiger partial charge in [-0.25, -0.2) is 4.39 Å². The van der Waals surface area contributed by atoms with Gasteiger partial charge in [0, 0.05) is 25.8 Å². The van der Waals surface area contributed by atoms with Crippen molar-refractivity contribution in [2.24, 2.45) is 0 Å². The van der Waals surface area contributed by atoms with Crippen molar-refractivity contribution in [3.8, 4) is 0 Å². The highest BCUT2D eigenvalue weighted by Crippen LogP contribution is 2.21. The van der Waals surface area contributed by atoms with Crippen LogP contribution in [-0.4, -0.2) is 25.0 Å². The van der Waals surface area contributed by atoms with Gasteiger partial charge < -0.3 is 10.2 Å². The molecule has 2 atom stereocenters. The second-order valence-corrected chi connectivity index (χ2v) is 5.58. The summed E-state index contributed by atoms with van der Waals surface area (Å²) in [5.74, 6) is -0.194. The van der Waals surface area contributed by atoms with Crippen molar-refractivity contribution in [3.63, 3.8) is 0 Å². The lowest BCUT2D eigenvalue weighted by Crippen LogP contribution is -2.33. The fourth-order valence-corrected chi connectivity index (χ4v) is 2.32. The summed E-state index contributed by atoms with van der Waals surface area (Å²) >= 11 is 0. The first-order valence-electron chi connectivity index (χ1n) is 7.27. The van der Waals surface area contributed by atoms with E-state index in [-0.39, 0.29) is 11.9 Å². The van der Waals surface area contributed by atoms with Crippen LogP contribution >= 0.6 is 0 Å². The Kier molecular flexibility index (Phi) is 5.34. The van der Waals surface area contributed by atoms with E-state index in [4.69, 9.17) is 0 Å². The Morgan fingerprint density at radius 3 is 2.76 bits per heavy atom. The Balaban J connectivity index is 1.92. The highest BCUT2D eigenvalue weighted by Gasteiger charge is 2.17. The molecule has 0 saturated carbocycles. The fourth-order valence-electron chi connectivity index (χ4n) is 2.32. The third kappa shape index (κ3) is 4.57. The molecule has 0 aliphatic carbocycles. The molecule has 3 heteroatoms. The normalized spacial score (nSPS) is 21.7. The highest BCUT2D eigenvalue weighted by molar-refractivity contribution is 5.25. The van der Waals surface area contributed by atoms with Gasteiger partial charge in [-0.2, -0.15) is 0 Å². The van der Waals surface area contributed by atoms with Gasteiger partial charge in [0.15, 0.2) is 0 Å².